The van der Waals surface area contributed by atoms with Gasteiger partial charge in [-0.05, 0) is 37.8 Å². The second-order valence-electron chi connectivity index (χ2n) is 7.20. The summed E-state index contributed by atoms with van der Waals surface area (Å²) in [4.78, 5) is 14.7. The Hall–Kier alpha value is -1.31. The minimum absolute atomic E-state index is 0.0343. The van der Waals surface area contributed by atoms with Crippen LogP contribution in [0.2, 0.25) is 0 Å². The molecule has 1 aromatic rings. The molecule has 1 aliphatic heterocycles. The quantitative estimate of drug-likeness (QED) is 0.677. The zero-order chi connectivity index (χ0) is 13.7. The van der Waals surface area contributed by atoms with Crippen LogP contribution in [0.3, 0.4) is 0 Å². The lowest BCUT2D eigenvalue weighted by atomic mass is 9.77. The summed E-state index contributed by atoms with van der Waals surface area (Å²) in [7, 11) is 0. The molecule has 98 valence electrons. The molecule has 0 aromatic heterocycles. The summed E-state index contributed by atoms with van der Waals surface area (Å²) in [6.07, 6.45) is 0. The minimum Gasteiger partial charge on any atom is -0.306 e. The molecular formula is C16H23NO. The van der Waals surface area contributed by atoms with Crippen LogP contribution in [-0.4, -0.2) is 11.4 Å². The van der Waals surface area contributed by atoms with Crippen molar-refractivity contribution in [2.45, 2.75) is 53.0 Å². The molecule has 0 bridgehead atoms. The van der Waals surface area contributed by atoms with Gasteiger partial charge in [-0.25, -0.2) is 0 Å². The lowest BCUT2D eigenvalue weighted by molar-refractivity contribution is -0.122. The molecule has 0 radical (unpaired) electrons. The summed E-state index contributed by atoms with van der Waals surface area (Å²) in [5, 5.41) is 0. The zero-order valence-electron chi connectivity index (χ0n) is 12.2. The van der Waals surface area contributed by atoms with E-state index in [9.17, 15) is 4.79 Å². The van der Waals surface area contributed by atoms with Gasteiger partial charge in [-0.2, -0.15) is 0 Å². The van der Waals surface area contributed by atoms with E-state index in [4.69, 9.17) is 0 Å². The molecule has 0 saturated carbocycles. The lowest BCUT2D eigenvalue weighted by Gasteiger charge is -2.34. The zero-order valence-corrected chi connectivity index (χ0v) is 12.2. The molecule has 0 fully saturated rings. The number of carbonyl (C=O) groups excluding carboxylic acids is 1. The number of nitrogens with zero attached hydrogens (tertiary/aromatic N) is 1. The van der Waals surface area contributed by atoms with Gasteiger partial charge in [0.2, 0.25) is 5.91 Å². The summed E-state index contributed by atoms with van der Waals surface area (Å²) >= 11 is 0. The molecule has 0 saturated heterocycles. The summed E-state index contributed by atoms with van der Waals surface area (Å²) in [6.45, 7) is 12.7. The number of fused-ring (bicyclic) bond motifs is 1. The first-order chi connectivity index (χ1) is 8.14. The van der Waals surface area contributed by atoms with Gasteiger partial charge >= 0.3 is 0 Å². The molecule has 0 spiro atoms. The molecule has 18 heavy (non-hydrogen) atoms. The predicted molar refractivity (Wildman–Crippen MR) is 75.9 cm³/mol. The van der Waals surface area contributed by atoms with Crippen LogP contribution in [0.1, 0.15) is 53.0 Å². The molecule has 0 N–H and O–H groups in total. The smallest absolute Gasteiger partial charge is 0.235 e. The number of anilines is 1. The van der Waals surface area contributed by atoms with Crippen LogP contribution in [0.4, 0.5) is 5.69 Å². The fraction of sp³-hybridized carbons (Fsp3) is 0.562. The SMILES string of the molecule is CC(C)(C)C1C(=O)N(C(C)(C)C)c2ccccc21. The van der Waals surface area contributed by atoms with Gasteiger partial charge < -0.3 is 4.90 Å². The Labute approximate surface area is 110 Å². The monoisotopic (exact) mass is 245 g/mol. The molecule has 1 atom stereocenters. The highest BCUT2D eigenvalue weighted by Crippen LogP contribution is 2.48. The van der Waals surface area contributed by atoms with E-state index in [1.165, 1.54) is 5.56 Å². The maximum absolute atomic E-state index is 12.8. The molecule has 1 unspecified atom stereocenters. The molecule has 2 nitrogen and oxygen atoms in total. The van der Waals surface area contributed by atoms with Crippen molar-refractivity contribution in [1.82, 2.24) is 0 Å². The van der Waals surface area contributed by atoms with E-state index >= 15 is 0 Å². The van der Waals surface area contributed by atoms with Crippen molar-refractivity contribution in [3.63, 3.8) is 0 Å². The maximum Gasteiger partial charge on any atom is 0.235 e. The van der Waals surface area contributed by atoms with Gasteiger partial charge in [0.1, 0.15) is 0 Å². The average Bonchev–Trinajstić information content (AvgIpc) is 2.47. The van der Waals surface area contributed by atoms with E-state index in [-0.39, 0.29) is 22.8 Å². The fourth-order valence-electron chi connectivity index (χ4n) is 2.84. The number of carbonyl (C=O) groups is 1. The third-order valence-corrected chi connectivity index (χ3v) is 3.49. The van der Waals surface area contributed by atoms with Crippen LogP contribution >= 0.6 is 0 Å². The Morgan fingerprint density at radius 1 is 1.00 bits per heavy atom. The van der Waals surface area contributed by atoms with Crippen molar-refractivity contribution in [2.75, 3.05) is 4.90 Å². The van der Waals surface area contributed by atoms with Gasteiger partial charge in [0.15, 0.2) is 0 Å². The van der Waals surface area contributed by atoms with Crippen LogP contribution in [-0.2, 0) is 4.79 Å². The number of benzene rings is 1. The van der Waals surface area contributed by atoms with Crippen molar-refractivity contribution < 1.29 is 4.79 Å². The summed E-state index contributed by atoms with van der Waals surface area (Å²) in [5.74, 6) is 0.198. The Morgan fingerprint density at radius 2 is 1.56 bits per heavy atom. The van der Waals surface area contributed by atoms with Gasteiger partial charge in [0, 0.05) is 11.2 Å². The number of amides is 1. The summed E-state index contributed by atoms with van der Waals surface area (Å²) in [5.41, 5.74) is 2.03. The second-order valence-corrected chi connectivity index (χ2v) is 7.20. The van der Waals surface area contributed by atoms with Crippen molar-refractivity contribution in [3.05, 3.63) is 29.8 Å². The number of hydrogen-bond acceptors (Lipinski definition) is 1. The third kappa shape index (κ3) is 1.94. The van der Waals surface area contributed by atoms with E-state index in [0.29, 0.717) is 0 Å². The fourth-order valence-corrected chi connectivity index (χ4v) is 2.84. The highest BCUT2D eigenvalue weighted by molar-refractivity contribution is 6.06. The largest absolute Gasteiger partial charge is 0.306 e. The number of para-hydroxylation sites is 1. The Morgan fingerprint density at radius 3 is 2.06 bits per heavy atom. The van der Waals surface area contributed by atoms with Crippen molar-refractivity contribution in [1.29, 1.82) is 0 Å². The second kappa shape index (κ2) is 3.84. The normalized spacial score (nSPS) is 20.2. The van der Waals surface area contributed by atoms with E-state index < -0.39 is 0 Å². The van der Waals surface area contributed by atoms with E-state index in [2.05, 4.69) is 53.7 Å². The highest BCUT2D eigenvalue weighted by atomic mass is 16.2. The topological polar surface area (TPSA) is 20.3 Å². The van der Waals surface area contributed by atoms with E-state index in [1.807, 2.05) is 17.0 Å². The van der Waals surface area contributed by atoms with Crippen LogP contribution in [0.25, 0.3) is 0 Å². The van der Waals surface area contributed by atoms with Gasteiger partial charge in [-0.15, -0.1) is 0 Å². The molecular weight excluding hydrogens is 222 g/mol. The standard InChI is InChI=1S/C16H23NO/c1-15(2,3)13-11-9-7-8-10-12(11)17(14(13)18)16(4,5)6/h7-10,13H,1-6H3. The molecule has 2 rings (SSSR count). The highest BCUT2D eigenvalue weighted by Gasteiger charge is 2.46. The van der Waals surface area contributed by atoms with Crippen molar-refractivity contribution in [2.24, 2.45) is 5.41 Å². The van der Waals surface area contributed by atoms with Crippen LogP contribution in [0, 0.1) is 5.41 Å². The number of hydrogen-bond donors (Lipinski definition) is 0. The van der Waals surface area contributed by atoms with Gasteiger partial charge in [0.05, 0.1) is 5.92 Å². The van der Waals surface area contributed by atoms with Crippen molar-refractivity contribution >= 4 is 11.6 Å². The predicted octanol–water partition coefficient (Wildman–Crippen LogP) is 3.96. The van der Waals surface area contributed by atoms with Gasteiger partial charge in [-0.3, -0.25) is 4.79 Å². The first-order valence-corrected chi connectivity index (χ1v) is 6.57. The Balaban J connectivity index is 2.61. The molecule has 0 aliphatic carbocycles. The minimum atomic E-state index is -0.173. The summed E-state index contributed by atoms with van der Waals surface area (Å²) < 4.78 is 0. The Kier molecular flexibility index (Phi) is 2.80. The molecule has 1 heterocycles. The third-order valence-electron chi connectivity index (χ3n) is 3.49. The summed E-state index contributed by atoms with van der Waals surface area (Å²) in [6, 6.07) is 8.19. The van der Waals surface area contributed by atoms with Gasteiger partial charge in [0.25, 0.3) is 0 Å². The first-order valence-electron chi connectivity index (χ1n) is 6.57. The molecule has 1 amide bonds. The lowest BCUT2D eigenvalue weighted by Crippen LogP contribution is -2.45. The molecule has 1 aromatic carbocycles. The van der Waals surface area contributed by atoms with E-state index in [1.54, 1.807) is 0 Å². The number of rotatable bonds is 0. The van der Waals surface area contributed by atoms with Gasteiger partial charge in [-0.1, -0.05) is 39.0 Å². The Bertz CT molecular complexity index is 434. The molecule has 1 aliphatic rings. The first kappa shape index (κ1) is 13.1. The van der Waals surface area contributed by atoms with E-state index in [0.717, 1.165) is 5.69 Å². The van der Waals surface area contributed by atoms with Crippen LogP contribution in [0.15, 0.2) is 24.3 Å². The van der Waals surface area contributed by atoms with Crippen LogP contribution in [0.5, 0.6) is 0 Å². The maximum atomic E-state index is 12.8. The average molecular weight is 245 g/mol. The van der Waals surface area contributed by atoms with Crippen molar-refractivity contribution in [3.8, 4) is 0 Å². The van der Waals surface area contributed by atoms with Crippen LogP contribution < -0.4 is 4.90 Å². The molecule has 2 heteroatoms.